The van der Waals surface area contributed by atoms with E-state index < -0.39 is 0 Å². The van der Waals surface area contributed by atoms with Crippen molar-refractivity contribution in [2.45, 2.75) is 45.6 Å². The second kappa shape index (κ2) is 6.39. The van der Waals surface area contributed by atoms with Gasteiger partial charge in [0.1, 0.15) is 11.3 Å². The molecule has 1 aromatic heterocycles. The second-order valence-corrected chi connectivity index (χ2v) is 6.05. The van der Waals surface area contributed by atoms with E-state index in [0.29, 0.717) is 29.0 Å². The zero-order valence-corrected chi connectivity index (χ0v) is 12.9. The van der Waals surface area contributed by atoms with Crippen molar-refractivity contribution in [3.8, 4) is 0 Å². The van der Waals surface area contributed by atoms with Gasteiger partial charge < -0.3 is 14.7 Å². The summed E-state index contributed by atoms with van der Waals surface area (Å²) in [5.41, 5.74) is 1.25. The first-order chi connectivity index (χ1) is 9.49. The molecule has 0 unspecified atom stereocenters. The molecule has 2 rings (SSSR count). The number of aryl methyl sites for hydroxylation is 2. The lowest BCUT2D eigenvalue weighted by molar-refractivity contribution is 0.0936. The van der Waals surface area contributed by atoms with Crippen molar-refractivity contribution in [1.29, 1.82) is 0 Å². The van der Waals surface area contributed by atoms with Crippen LogP contribution in [0.3, 0.4) is 0 Å². The summed E-state index contributed by atoms with van der Waals surface area (Å²) < 4.78 is 5.03. The van der Waals surface area contributed by atoms with E-state index in [1.807, 2.05) is 0 Å². The smallest absolute Gasteiger partial charge is 0.256 e. The summed E-state index contributed by atoms with van der Waals surface area (Å²) in [5, 5.41) is 6.85. The Kier molecular flexibility index (Phi) is 4.81. The quantitative estimate of drug-likeness (QED) is 0.917. The number of aromatic nitrogens is 1. The molecule has 0 spiro atoms. The molecule has 1 N–H and O–H groups in total. The van der Waals surface area contributed by atoms with Crippen LogP contribution in [0, 0.1) is 19.8 Å². The maximum atomic E-state index is 12.1. The van der Waals surface area contributed by atoms with Crippen LogP contribution in [0.15, 0.2) is 4.52 Å². The number of rotatable bonds is 4. The fourth-order valence-electron chi connectivity index (χ4n) is 3.00. The minimum atomic E-state index is -0.0593. The van der Waals surface area contributed by atoms with Gasteiger partial charge in [0.05, 0.1) is 5.69 Å². The molecule has 20 heavy (non-hydrogen) atoms. The monoisotopic (exact) mass is 279 g/mol. The van der Waals surface area contributed by atoms with Gasteiger partial charge in [0, 0.05) is 12.6 Å². The molecular weight excluding hydrogens is 254 g/mol. The van der Waals surface area contributed by atoms with Gasteiger partial charge in [-0.1, -0.05) is 5.16 Å². The molecule has 1 aliphatic rings. The largest absolute Gasteiger partial charge is 0.361 e. The normalized spacial score (nSPS) is 23.1. The van der Waals surface area contributed by atoms with E-state index in [4.69, 9.17) is 4.52 Å². The third-order valence-electron chi connectivity index (χ3n) is 4.36. The van der Waals surface area contributed by atoms with E-state index in [-0.39, 0.29) is 5.91 Å². The molecule has 5 nitrogen and oxygen atoms in total. The Balaban J connectivity index is 1.81. The third kappa shape index (κ3) is 3.39. The van der Waals surface area contributed by atoms with E-state index in [2.05, 4.69) is 29.5 Å². The maximum absolute atomic E-state index is 12.1. The van der Waals surface area contributed by atoms with Crippen molar-refractivity contribution in [2.24, 2.45) is 5.92 Å². The van der Waals surface area contributed by atoms with Crippen molar-refractivity contribution >= 4 is 5.91 Å². The van der Waals surface area contributed by atoms with Crippen LogP contribution < -0.4 is 5.32 Å². The molecule has 1 aliphatic carbocycles. The van der Waals surface area contributed by atoms with Gasteiger partial charge in [-0.15, -0.1) is 0 Å². The molecule has 1 amide bonds. The lowest BCUT2D eigenvalue weighted by Crippen LogP contribution is -2.36. The Morgan fingerprint density at radius 2 is 1.95 bits per heavy atom. The van der Waals surface area contributed by atoms with Crippen molar-refractivity contribution in [2.75, 3.05) is 20.6 Å². The first-order valence-electron chi connectivity index (χ1n) is 7.36. The number of hydrogen-bond donors (Lipinski definition) is 1. The zero-order chi connectivity index (χ0) is 14.7. The number of carbonyl (C=O) groups is 1. The summed E-state index contributed by atoms with van der Waals surface area (Å²) >= 11 is 0. The van der Waals surface area contributed by atoms with Crippen LogP contribution >= 0.6 is 0 Å². The van der Waals surface area contributed by atoms with Gasteiger partial charge in [-0.05, 0) is 59.5 Å². The number of carbonyl (C=O) groups excluding carboxylic acids is 1. The van der Waals surface area contributed by atoms with Gasteiger partial charge in [0.25, 0.3) is 5.91 Å². The van der Waals surface area contributed by atoms with Gasteiger partial charge in [-0.2, -0.15) is 0 Å². The van der Waals surface area contributed by atoms with Gasteiger partial charge >= 0.3 is 0 Å². The van der Waals surface area contributed by atoms with Gasteiger partial charge in [-0.3, -0.25) is 4.79 Å². The first kappa shape index (κ1) is 15.0. The topological polar surface area (TPSA) is 58.4 Å². The van der Waals surface area contributed by atoms with Gasteiger partial charge in [0.15, 0.2) is 0 Å². The van der Waals surface area contributed by atoms with Crippen LogP contribution in [-0.2, 0) is 0 Å². The minimum absolute atomic E-state index is 0.0593. The highest BCUT2D eigenvalue weighted by atomic mass is 16.5. The first-order valence-corrected chi connectivity index (χ1v) is 7.36. The number of hydrogen-bond acceptors (Lipinski definition) is 4. The SMILES string of the molecule is Cc1noc(C)c1C(=O)NCC1CCC(N(C)C)CC1. The molecule has 1 aromatic rings. The summed E-state index contributed by atoms with van der Waals surface area (Å²) in [6.45, 7) is 4.33. The van der Waals surface area contributed by atoms with Crippen molar-refractivity contribution in [1.82, 2.24) is 15.4 Å². The van der Waals surface area contributed by atoms with Crippen LogP contribution in [0.1, 0.15) is 47.5 Å². The molecule has 0 aliphatic heterocycles. The average molecular weight is 279 g/mol. The van der Waals surface area contributed by atoms with Crippen molar-refractivity contribution < 1.29 is 9.32 Å². The molecule has 0 atom stereocenters. The summed E-state index contributed by atoms with van der Waals surface area (Å²) in [4.78, 5) is 14.4. The molecular formula is C15H25N3O2. The Bertz CT molecular complexity index is 440. The predicted octanol–water partition coefficient (Wildman–Crippen LogP) is 2.14. The fraction of sp³-hybridized carbons (Fsp3) is 0.733. The van der Waals surface area contributed by atoms with Crippen LogP contribution in [0.2, 0.25) is 0 Å². The highest BCUT2D eigenvalue weighted by Gasteiger charge is 2.24. The highest BCUT2D eigenvalue weighted by molar-refractivity contribution is 5.96. The third-order valence-corrected chi connectivity index (χ3v) is 4.36. The lowest BCUT2D eigenvalue weighted by atomic mass is 9.85. The number of nitrogens with one attached hydrogen (secondary N) is 1. The number of amides is 1. The highest BCUT2D eigenvalue weighted by Crippen LogP contribution is 2.26. The summed E-state index contributed by atoms with van der Waals surface area (Å²) in [7, 11) is 4.29. The molecule has 112 valence electrons. The number of nitrogens with zero attached hydrogens (tertiary/aromatic N) is 2. The molecule has 0 radical (unpaired) electrons. The van der Waals surface area contributed by atoms with E-state index >= 15 is 0 Å². The molecule has 1 saturated carbocycles. The standard InChI is InChI=1S/C15H25N3O2/c1-10-14(11(2)20-17-10)15(19)16-9-12-5-7-13(8-6-12)18(3)4/h12-13H,5-9H2,1-4H3,(H,16,19). The van der Waals surface area contributed by atoms with E-state index in [1.165, 1.54) is 25.7 Å². The maximum Gasteiger partial charge on any atom is 0.256 e. The van der Waals surface area contributed by atoms with Gasteiger partial charge in [-0.25, -0.2) is 0 Å². The Morgan fingerprint density at radius 1 is 1.30 bits per heavy atom. The lowest BCUT2D eigenvalue weighted by Gasteiger charge is -2.32. The van der Waals surface area contributed by atoms with E-state index in [9.17, 15) is 4.79 Å². The van der Waals surface area contributed by atoms with Crippen LogP contribution in [0.5, 0.6) is 0 Å². The van der Waals surface area contributed by atoms with Crippen LogP contribution in [0.4, 0.5) is 0 Å². The molecule has 0 bridgehead atoms. The van der Waals surface area contributed by atoms with E-state index in [1.54, 1.807) is 13.8 Å². The molecule has 5 heteroatoms. The summed E-state index contributed by atoms with van der Waals surface area (Å²) in [6.07, 6.45) is 4.81. The molecule has 0 aromatic carbocycles. The Hall–Kier alpha value is -1.36. The van der Waals surface area contributed by atoms with Crippen molar-refractivity contribution in [3.05, 3.63) is 17.0 Å². The summed E-state index contributed by atoms with van der Waals surface area (Å²) in [6, 6.07) is 0.699. The molecule has 1 fully saturated rings. The molecule has 0 saturated heterocycles. The summed E-state index contributed by atoms with van der Waals surface area (Å²) in [5.74, 6) is 1.13. The second-order valence-electron chi connectivity index (χ2n) is 6.05. The zero-order valence-electron chi connectivity index (χ0n) is 12.9. The fourth-order valence-corrected chi connectivity index (χ4v) is 3.00. The van der Waals surface area contributed by atoms with Crippen molar-refractivity contribution in [3.63, 3.8) is 0 Å². The predicted molar refractivity (Wildman–Crippen MR) is 77.7 cm³/mol. The van der Waals surface area contributed by atoms with E-state index in [0.717, 1.165) is 6.54 Å². The van der Waals surface area contributed by atoms with Gasteiger partial charge in [0.2, 0.25) is 0 Å². The minimum Gasteiger partial charge on any atom is -0.361 e. The van der Waals surface area contributed by atoms with Crippen LogP contribution in [0.25, 0.3) is 0 Å². The van der Waals surface area contributed by atoms with Crippen LogP contribution in [-0.4, -0.2) is 42.6 Å². The average Bonchev–Trinajstić information content (AvgIpc) is 2.76. The Morgan fingerprint density at radius 3 is 2.45 bits per heavy atom. The molecule has 1 heterocycles. The Labute approximate surface area is 120 Å².